The fourth-order valence-corrected chi connectivity index (χ4v) is 4.20. The molecule has 0 fully saturated rings. The predicted molar refractivity (Wildman–Crippen MR) is 141 cm³/mol. The second kappa shape index (κ2) is 18.5. The number of aliphatic carboxylic acids is 1. The zero-order chi connectivity index (χ0) is 28.5. The van der Waals surface area contributed by atoms with Crippen molar-refractivity contribution in [3.05, 3.63) is 11.4 Å². The predicted octanol–water partition coefficient (Wildman–Crippen LogP) is 2.79. The van der Waals surface area contributed by atoms with Gasteiger partial charge in [-0.25, -0.2) is 14.2 Å². The van der Waals surface area contributed by atoms with E-state index in [9.17, 15) is 24.6 Å². The topological polar surface area (TPSA) is 187 Å². The van der Waals surface area contributed by atoms with Crippen LogP contribution in [-0.4, -0.2) is 65.1 Å². The van der Waals surface area contributed by atoms with Crippen molar-refractivity contribution >= 4 is 23.8 Å². The van der Waals surface area contributed by atoms with Crippen LogP contribution in [0.15, 0.2) is 16.4 Å². The van der Waals surface area contributed by atoms with E-state index in [4.69, 9.17) is 20.9 Å². The molecule has 0 aliphatic carbocycles. The molecule has 0 aromatic carbocycles. The Morgan fingerprint density at radius 2 is 1.63 bits per heavy atom. The van der Waals surface area contributed by atoms with Crippen LogP contribution in [0.3, 0.4) is 0 Å². The van der Waals surface area contributed by atoms with Gasteiger partial charge in [0.05, 0.1) is 11.4 Å². The highest BCUT2D eigenvalue weighted by atomic mass is 19.1. The molecule has 38 heavy (non-hydrogen) atoms. The van der Waals surface area contributed by atoms with Gasteiger partial charge in [0.2, 0.25) is 5.91 Å². The monoisotopic (exact) mass is 544 g/mol. The number of hydrogen-bond acceptors (Lipinski definition) is 7. The van der Waals surface area contributed by atoms with E-state index in [1.165, 1.54) is 44.9 Å². The van der Waals surface area contributed by atoms with Crippen molar-refractivity contribution < 1.29 is 38.5 Å². The molecule has 218 valence electrons. The third-order valence-electron chi connectivity index (χ3n) is 6.19. The number of aliphatic hydroxyl groups excluding tert-OH is 1. The van der Waals surface area contributed by atoms with Crippen LogP contribution in [0.5, 0.6) is 0 Å². The summed E-state index contributed by atoms with van der Waals surface area (Å²) in [5.74, 6) is -3.01. The van der Waals surface area contributed by atoms with E-state index < -0.39 is 54.9 Å². The van der Waals surface area contributed by atoms with Crippen molar-refractivity contribution in [2.75, 3.05) is 6.61 Å². The summed E-state index contributed by atoms with van der Waals surface area (Å²) in [4.78, 5) is 39.1. The Bertz CT molecular complexity index is 817. The molecule has 7 N–H and O–H groups in total. The minimum atomic E-state index is -2.25. The Labute approximate surface area is 224 Å². The first-order chi connectivity index (χ1) is 18.1. The Hall–Kier alpha value is -2.73. The summed E-state index contributed by atoms with van der Waals surface area (Å²) >= 11 is 0. The van der Waals surface area contributed by atoms with E-state index in [2.05, 4.69) is 17.2 Å². The number of unbranched alkanes of at least 4 members (excludes halogenated alkanes) is 10. The number of carbonyl (C=O) groups excluding carboxylic acids is 2. The van der Waals surface area contributed by atoms with E-state index in [0.29, 0.717) is 6.42 Å². The maximum atomic E-state index is 15.3. The quantitative estimate of drug-likeness (QED) is 0.0705. The number of ether oxygens (including phenoxy) is 2. The molecule has 0 spiro atoms. The molecule has 0 bridgehead atoms. The highest BCUT2D eigenvalue weighted by Crippen LogP contribution is 2.30. The number of aliphatic imine (C=N–C) groups is 1. The number of carboxylic acids is 1. The molecule has 0 radical (unpaired) electrons. The van der Waals surface area contributed by atoms with Gasteiger partial charge in [-0.05, 0) is 6.42 Å². The molecular formula is C26H45FN4O7. The second-order valence-electron chi connectivity index (χ2n) is 9.65. The van der Waals surface area contributed by atoms with Crippen LogP contribution in [0.2, 0.25) is 0 Å². The molecule has 1 rings (SSSR count). The van der Waals surface area contributed by atoms with Crippen molar-refractivity contribution in [2.24, 2.45) is 16.5 Å². The highest BCUT2D eigenvalue weighted by molar-refractivity contribution is 5.79. The van der Waals surface area contributed by atoms with Crippen LogP contribution >= 0.6 is 0 Å². The SMILES string of the molecule is CCCCCCCCCCCCCC(=O)OCC(O)C(F)C1O[C@H](C(=O)O)CC(N=C(N)N)=C1NC(C)=O. The average Bonchev–Trinajstić information content (AvgIpc) is 2.85. The van der Waals surface area contributed by atoms with Crippen LogP contribution in [-0.2, 0) is 23.9 Å². The molecule has 0 aromatic heterocycles. The van der Waals surface area contributed by atoms with Crippen molar-refractivity contribution in [2.45, 2.75) is 122 Å². The summed E-state index contributed by atoms with van der Waals surface area (Å²) < 4.78 is 25.6. The zero-order valence-electron chi connectivity index (χ0n) is 22.6. The third-order valence-corrected chi connectivity index (χ3v) is 6.19. The van der Waals surface area contributed by atoms with Gasteiger partial charge in [0.25, 0.3) is 0 Å². The first-order valence-corrected chi connectivity index (χ1v) is 13.5. The number of nitrogens with two attached hydrogens (primary N) is 2. The fraction of sp³-hybridized carbons (Fsp3) is 0.769. The number of hydrogen-bond donors (Lipinski definition) is 5. The molecule has 1 aliphatic heterocycles. The number of carboxylic acid groups (broad SMARTS) is 1. The van der Waals surface area contributed by atoms with Gasteiger partial charge in [0.15, 0.2) is 18.2 Å². The number of nitrogens with one attached hydrogen (secondary N) is 1. The largest absolute Gasteiger partial charge is 0.479 e. The molecule has 11 nitrogen and oxygen atoms in total. The van der Waals surface area contributed by atoms with E-state index in [-0.39, 0.29) is 24.2 Å². The van der Waals surface area contributed by atoms with Crippen LogP contribution in [0, 0.1) is 0 Å². The molecule has 0 saturated carbocycles. The van der Waals surface area contributed by atoms with Gasteiger partial charge in [-0.3, -0.25) is 9.59 Å². The van der Waals surface area contributed by atoms with Gasteiger partial charge < -0.3 is 36.5 Å². The van der Waals surface area contributed by atoms with Crippen LogP contribution in [0.1, 0.15) is 97.3 Å². The fourth-order valence-electron chi connectivity index (χ4n) is 4.20. The van der Waals surface area contributed by atoms with Gasteiger partial charge in [-0.2, -0.15) is 0 Å². The molecule has 1 aliphatic rings. The Balaban J connectivity index is 2.53. The Morgan fingerprint density at radius 1 is 1.08 bits per heavy atom. The van der Waals surface area contributed by atoms with E-state index >= 15 is 4.39 Å². The molecular weight excluding hydrogens is 499 g/mol. The summed E-state index contributed by atoms with van der Waals surface area (Å²) in [7, 11) is 0. The van der Waals surface area contributed by atoms with Gasteiger partial charge in [-0.1, -0.05) is 71.1 Å². The van der Waals surface area contributed by atoms with Gasteiger partial charge in [-0.15, -0.1) is 0 Å². The lowest BCUT2D eigenvalue weighted by molar-refractivity contribution is -0.161. The van der Waals surface area contributed by atoms with Gasteiger partial charge in [0, 0.05) is 19.8 Å². The summed E-state index contributed by atoms with van der Waals surface area (Å²) in [5.41, 5.74) is 10.5. The smallest absolute Gasteiger partial charge is 0.333 e. The molecule has 1 amide bonds. The molecule has 12 heteroatoms. The number of amides is 1. The van der Waals surface area contributed by atoms with Crippen LogP contribution < -0.4 is 16.8 Å². The number of carbonyl (C=O) groups is 3. The van der Waals surface area contributed by atoms with Crippen molar-refractivity contribution in [1.29, 1.82) is 0 Å². The van der Waals surface area contributed by atoms with E-state index in [1.807, 2.05) is 0 Å². The number of esters is 1. The molecule has 0 aromatic rings. The maximum Gasteiger partial charge on any atom is 0.333 e. The summed E-state index contributed by atoms with van der Waals surface area (Å²) in [6.07, 6.45) is 4.96. The maximum absolute atomic E-state index is 15.3. The number of aliphatic hydroxyl groups is 1. The summed E-state index contributed by atoms with van der Waals surface area (Å²) in [6.45, 7) is 2.69. The summed E-state index contributed by atoms with van der Waals surface area (Å²) in [6, 6.07) is 0. The van der Waals surface area contributed by atoms with Gasteiger partial charge in [0.1, 0.15) is 18.8 Å². The lowest BCUT2D eigenvalue weighted by Gasteiger charge is -2.34. The number of nitrogens with zero attached hydrogens (tertiary/aromatic N) is 1. The Morgan fingerprint density at radius 3 is 2.13 bits per heavy atom. The Kier molecular flexibility index (Phi) is 16.2. The zero-order valence-corrected chi connectivity index (χ0v) is 22.6. The normalized spacial score (nSPS) is 18.9. The number of rotatable bonds is 19. The van der Waals surface area contributed by atoms with Crippen molar-refractivity contribution in [3.63, 3.8) is 0 Å². The third kappa shape index (κ3) is 13.2. The highest BCUT2D eigenvalue weighted by Gasteiger charge is 2.42. The number of guanidine groups is 1. The van der Waals surface area contributed by atoms with Crippen LogP contribution in [0.4, 0.5) is 4.39 Å². The van der Waals surface area contributed by atoms with Gasteiger partial charge >= 0.3 is 11.9 Å². The number of halogens is 1. The minimum absolute atomic E-state index is 0.0906. The number of alkyl halides is 1. The second-order valence-corrected chi connectivity index (χ2v) is 9.65. The molecule has 3 unspecified atom stereocenters. The molecule has 4 atom stereocenters. The van der Waals surface area contributed by atoms with Crippen molar-refractivity contribution in [3.8, 4) is 0 Å². The average molecular weight is 545 g/mol. The molecule has 0 saturated heterocycles. The summed E-state index contributed by atoms with van der Waals surface area (Å²) in [5, 5.41) is 22.1. The van der Waals surface area contributed by atoms with Crippen LogP contribution in [0.25, 0.3) is 0 Å². The van der Waals surface area contributed by atoms with E-state index in [0.717, 1.165) is 26.2 Å². The van der Waals surface area contributed by atoms with Crippen molar-refractivity contribution in [1.82, 2.24) is 5.32 Å². The minimum Gasteiger partial charge on any atom is -0.479 e. The first kappa shape index (κ1) is 33.3. The van der Waals surface area contributed by atoms with E-state index in [1.54, 1.807) is 0 Å². The lowest BCUT2D eigenvalue weighted by atomic mass is 9.98. The standard InChI is InChI=1S/C26H45FN4O7/c1-3-4-5-6-7-8-9-10-11-12-13-14-21(34)37-16-19(33)22(27)24-23(30-17(2)32)18(31-26(28)29)15-20(38-24)25(35)36/h19-20,22,24,33H,3-16H2,1-2H3,(H,30,32)(H,35,36)(H4,28,29,31)/t19?,20-,22?,24?/m0/s1. The molecule has 1 heterocycles. The lowest BCUT2D eigenvalue weighted by Crippen LogP contribution is -2.49. The first-order valence-electron chi connectivity index (χ1n) is 13.5.